The standard InChI is InChI=1S/C16H15F2NO4/c1-9-14(16(21)22-3)7-13(23-9)8-19(2)15(20)10-4-11(17)6-12(18)5-10/h4-7H,8H2,1-3H3. The Hall–Kier alpha value is -2.70. The molecule has 0 saturated carbocycles. The molecule has 5 nitrogen and oxygen atoms in total. The Balaban J connectivity index is 2.17. The van der Waals surface area contributed by atoms with E-state index >= 15 is 0 Å². The van der Waals surface area contributed by atoms with E-state index in [2.05, 4.69) is 4.74 Å². The summed E-state index contributed by atoms with van der Waals surface area (Å²) < 4.78 is 36.4. The topological polar surface area (TPSA) is 59.8 Å². The molecular weight excluding hydrogens is 308 g/mol. The summed E-state index contributed by atoms with van der Waals surface area (Å²) in [5.74, 6) is -2.05. The Morgan fingerprint density at radius 1 is 1.17 bits per heavy atom. The van der Waals surface area contributed by atoms with Crippen molar-refractivity contribution in [3.8, 4) is 0 Å². The molecule has 7 heteroatoms. The van der Waals surface area contributed by atoms with Gasteiger partial charge < -0.3 is 14.1 Å². The van der Waals surface area contributed by atoms with Gasteiger partial charge in [0.15, 0.2) is 0 Å². The highest BCUT2D eigenvalue weighted by atomic mass is 19.1. The number of nitrogens with zero attached hydrogens (tertiary/aromatic N) is 1. The molecule has 0 atom stereocenters. The lowest BCUT2D eigenvalue weighted by molar-refractivity contribution is 0.0598. The lowest BCUT2D eigenvalue weighted by Gasteiger charge is -2.15. The first-order chi connectivity index (χ1) is 10.8. The van der Waals surface area contributed by atoms with Gasteiger partial charge >= 0.3 is 5.97 Å². The van der Waals surface area contributed by atoms with Gasteiger partial charge in [-0.3, -0.25) is 4.79 Å². The van der Waals surface area contributed by atoms with Crippen LogP contribution in [0, 0.1) is 18.6 Å². The molecule has 2 rings (SSSR count). The maximum absolute atomic E-state index is 13.2. The summed E-state index contributed by atoms with van der Waals surface area (Å²) in [4.78, 5) is 24.9. The molecule has 122 valence electrons. The van der Waals surface area contributed by atoms with Crippen LogP contribution in [-0.4, -0.2) is 30.9 Å². The average molecular weight is 323 g/mol. The Labute approximate surface area is 131 Å². The third kappa shape index (κ3) is 3.74. The van der Waals surface area contributed by atoms with Crippen molar-refractivity contribution in [1.82, 2.24) is 4.90 Å². The maximum atomic E-state index is 13.2. The van der Waals surface area contributed by atoms with Crippen LogP contribution in [0.15, 0.2) is 28.7 Å². The number of carbonyl (C=O) groups excluding carboxylic acids is 2. The van der Waals surface area contributed by atoms with Gasteiger partial charge in [-0.1, -0.05) is 0 Å². The van der Waals surface area contributed by atoms with E-state index < -0.39 is 23.5 Å². The smallest absolute Gasteiger partial charge is 0.341 e. The fourth-order valence-electron chi connectivity index (χ4n) is 2.14. The van der Waals surface area contributed by atoms with E-state index in [1.54, 1.807) is 6.92 Å². The van der Waals surface area contributed by atoms with Gasteiger partial charge in [0.2, 0.25) is 0 Å². The number of hydrogen-bond acceptors (Lipinski definition) is 4. The van der Waals surface area contributed by atoms with E-state index in [1.165, 1.54) is 25.1 Å². The minimum atomic E-state index is -0.830. The minimum Gasteiger partial charge on any atom is -0.465 e. The lowest BCUT2D eigenvalue weighted by Crippen LogP contribution is -2.26. The zero-order valence-electron chi connectivity index (χ0n) is 12.9. The molecule has 0 unspecified atom stereocenters. The van der Waals surface area contributed by atoms with Crippen LogP contribution in [0.4, 0.5) is 8.78 Å². The van der Waals surface area contributed by atoms with Crippen LogP contribution in [0.5, 0.6) is 0 Å². The van der Waals surface area contributed by atoms with Crippen LogP contribution in [0.2, 0.25) is 0 Å². The van der Waals surface area contributed by atoms with Crippen molar-refractivity contribution < 1.29 is 27.5 Å². The van der Waals surface area contributed by atoms with Gasteiger partial charge in [-0.2, -0.15) is 0 Å². The lowest BCUT2D eigenvalue weighted by atomic mass is 10.2. The van der Waals surface area contributed by atoms with Gasteiger partial charge in [0.25, 0.3) is 5.91 Å². The largest absolute Gasteiger partial charge is 0.465 e. The highest BCUT2D eigenvalue weighted by Crippen LogP contribution is 2.18. The predicted molar refractivity (Wildman–Crippen MR) is 76.9 cm³/mol. The van der Waals surface area contributed by atoms with E-state index in [-0.39, 0.29) is 17.7 Å². The molecule has 23 heavy (non-hydrogen) atoms. The number of halogens is 2. The van der Waals surface area contributed by atoms with E-state index in [4.69, 9.17) is 4.42 Å². The average Bonchev–Trinajstić information content (AvgIpc) is 2.85. The molecule has 2 aromatic rings. The molecule has 0 saturated heterocycles. The summed E-state index contributed by atoms with van der Waals surface area (Å²) in [6.07, 6.45) is 0. The van der Waals surface area contributed by atoms with Crippen LogP contribution in [-0.2, 0) is 11.3 Å². The predicted octanol–water partition coefficient (Wildman–Crippen LogP) is 2.93. The number of benzene rings is 1. The van der Waals surface area contributed by atoms with E-state index in [0.717, 1.165) is 12.1 Å². The molecule has 1 heterocycles. The molecule has 0 aliphatic carbocycles. The van der Waals surface area contributed by atoms with Crippen LogP contribution in [0.3, 0.4) is 0 Å². The van der Waals surface area contributed by atoms with Crippen molar-refractivity contribution in [3.05, 3.63) is 58.5 Å². The summed E-state index contributed by atoms with van der Waals surface area (Å²) >= 11 is 0. The van der Waals surface area contributed by atoms with Gasteiger partial charge in [0.05, 0.1) is 13.7 Å². The van der Waals surface area contributed by atoms with Crippen molar-refractivity contribution >= 4 is 11.9 Å². The highest BCUT2D eigenvalue weighted by molar-refractivity contribution is 5.94. The highest BCUT2D eigenvalue weighted by Gasteiger charge is 2.19. The molecule has 1 aromatic carbocycles. The monoisotopic (exact) mass is 323 g/mol. The number of esters is 1. The number of ether oxygens (including phenoxy) is 1. The van der Waals surface area contributed by atoms with Crippen molar-refractivity contribution in [3.63, 3.8) is 0 Å². The van der Waals surface area contributed by atoms with Gasteiger partial charge in [0, 0.05) is 18.7 Å². The Bertz CT molecular complexity index is 734. The van der Waals surface area contributed by atoms with E-state index in [9.17, 15) is 18.4 Å². The molecule has 0 bridgehead atoms. The Kier molecular flexibility index (Phi) is 4.78. The quantitative estimate of drug-likeness (QED) is 0.812. The number of methoxy groups -OCH3 is 1. The molecule has 1 amide bonds. The Morgan fingerprint density at radius 3 is 2.35 bits per heavy atom. The van der Waals surface area contributed by atoms with Gasteiger partial charge in [0.1, 0.15) is 28.7 Å². The number of aryl methyl sites for hydroxylation is 1. The van der Waals surface area contributed by atoms with Crippen molar-refractivity contribution in [2.24, 2.45) is 0 Å². The van der Waals surface area contributed by atoms with E-state index in [1.807, 2.05) is 0 Å². The molecule has 0 N–H and O–H groups in total. The van der Waals surface area contributed by atoms with Crippen LogP contribution in [0.25, 0.3) is 0 Å². The second kappa shape index (κ2) is 6.60. The third-order valence-electron chi connectivity index (χ3n) is 3.22. The normalized spacial score (nSPS) is 10.5. The third-order valence-corrected chi connectivity index (χ3v) is 3.22. The van der Waals surface area contributed by atoms with Crippen molar-refractivity contribution in [2.45, 2.75) is 13.5 Å². The molecule has 0 aliphatic heterocycles. The first-order valence-corrected chi connectivity index (χ1v) is 6.71. The molecule has 0 fully saturated rings. The van der Waals surface area contributed by atoms with Gasteiger partial charge in [-0.05, 0) is 25.1 Å². The second-order valence-corrected chi connectivity index (χ2v) is 4.99. The summed E-state index contributed by atoms with van der Waals surface area (Å²) in [6.45, 7) is 1.63. The SMILES string of the molecule is COC(=O)c1cc(CN(C)C(=O)c2cc(F)cc(F)c2)oc1C. The van der Waals surface area contributed by atoms with Gasteiger partial charge in [-0.15, -0.1) is 0 Å². The fraction of sp³-hybridized carbons (Fsp3) is 0.250. The number of hydrogen-bond donors (Lipinski definition) is 0. The van der Waals surface area contributed by atoms with Crippen molar-refractivity contribution in [1.29, 1.82) is 0 Å². The molecular formula is C16H15F2NO4. The summed E-state index contributed by atoms with van der Waals surface area (Å²) in [6, 6.07) is 4.07. The summed E-state index contributed by atoms with van der Waals surface area (Å²) in [7, 11) is 2.71. The molecule has 0 radical (unpaired) electrons. The maximum Gasteiger partial charge on any atom is 0.341 e. The zero-order valence-corrected chi connectivity index (χ0v) is 12.9. The van der Waals surface area contributed by atoms with Gasteiger partial charge in [-0.25, -0.2) is 13.6 Å². The van der Waals surface area contributed by atoms with Crippen molar-refractivity contribution in [2.75, 3.05) is 14.2 Å². The number of amides is 1. The van der Waals surface area contributed by atoms with Crippen LogP contribution < -0.4 is 0 Å². The number of carbonyl (C=O) groups is 2. The second-order valence-electron chi connectivity index (χ2n) is 4.99. The summed E-state index contributed by atoms with van der Waals surface area (Å²) in [5.41, 5.74) is 0.154. The zero-order chi connectivity index (χ0) is 17.1. The molecule has 0 aliphatic rings. The minimum absolute atomic E-state index is 0.0365. The first kappa shape index (κ1) is 16.7. The van der Waals surface area contributed by atoms with Crippen LogP contribution in [0.1, 0.15) is 32.2 Å². The molecule has 0 spiro atoms. The number of rotatable bonds is 4. The van der Waals surface area contributed by atoms with Crippen LogP contribution >= 0.6 is 0 Å². The summed E-state index contributed by atoms with van der Waals surface area (Å²) in [5, 5.41) is 0. The fourth-order valence-corrected chi connectivity index (χ4v) is 2.14. The molecule has 1 aromatic heterocycles. The first-order valence-electron chi connectivity index (χ1n) is 6.71. The van der Waals surface area contributed by atoms with E-state index in [0.29, 0.717) is 17.6 Å². The number of furan rings is 1. The Morgan fingerprint density at radius 2 is 1.78 bits per heavy atom.